The Labute approximate surface area is 139 Å². The van der Waals surface area contributed by atoms with Crippen LogP contribution in [0.2, 0.25) is 0 Å². The largest absolute Gasteiger partial charge is 0.444 e. The zero-order chi connectivity index (χ0) is 17.9. The smallest absolute Gasteiger partial charge is 0.407 e. The van der Waals surface area contributed by atoms with E-state index in [-0.39, 0.29) is 18.0 Å². The van der Waals surface area contributed by atoms with Gasteiger partial charge in [-0.05, 0) is 47.5 Å². The van der Waals surface area contributed by atoms with E-state index in [1.807, 2.05) is 34.6 Å². The summed E-state index contributed by atoms with van der Waals surface area (Å²) in [4.78, 5) is 23.3. The fraction of sp³-hybridized carbons (Fsp3) is 0.875. The second-order valence-electron chi connectivity index (χ2n) is 6.51. The van der Waals surface area contributed by atoms with Crippen LogP contribution in [0.5, 0.6) is 0 Å². The standard InChI is InChI=1S/C16H33N3O4/c1-7-17-14(20)12(2)19-13(11-22-6)9-8-10-18-15(21)23-16(3,4)5/h12-13,19H,7-11H2,1-6H3,(H,17,20)(H,18,21). The Balaban J connectivity index is 4.09. The SMILES string of the molecule is CCNC(=O)C(C)NC(CCCNC(=O)OC(C)(C)C)COC. The second-order valence-corrected chi connectivity index (χ2v) is 6.51. The molecule has 0 spiro atoms. The zero-order valence-corrected chi connectivity index (χ0v) is 15.3. The topological polar surface area (TPSA) is 88.7 Å². The van der Waals surface area contributed by atoms with Crippen LogP contribution in [0, 0.1) is 0 Å². The van der Waals surface area contributed by atoms with E-state index in [9.17, 15) is 9.59 Å². The molecule has 3 N–H and O–H groups in total. The van der Waals surface area contributed by atoms with Crippen molar-refractivity contribution in [2.24, 2.45) is 0 Å². The van der Waals surface area contributed by atoms with Crippen LogP contribution in [-0.4, -0.2) is 56.5 Å². The van der Waals surface area contributed by atoms with Crippen LogP contribution in [0.1, 0.15) is 47.5 Å². The quantitative estimate of drug-likeness (QED) is 0.527. The first-order valence-corrected chi connectivity index (χ1v) is 8.19. The fourth-order valence-electron chi connectivity index (χ4n) is 2.03. The number of carbonyl (C=O) groups excluding carboxylic acids is 2. The molecule has 0 radical (unpaired) electrons. The number of rotatable bonds is 10. The van der Waals surface area contributed by atoms with E-state index in [0.29, 0.717) is 19.7 Å². The highest BCUT2D eigenvalue weighted by Gasteiger charge is 2.18. The van der Waals surface area contributed by atoms with Crippen molar-refractivity contribution in [3.05, 3.63) is 0 Å². The van der Waals surface area contributed by atoms with E-state index in [1.165, 1.54) is 0 Å². The van der Waals surface area contributed by atoms with Crippen molar-refractivity contribution in [3.63, 3.8) is 0 Å². The molecule has 0 aliphatic carbocycles. The summed E-state index contributed by atoms with van der Waals surface area (Å²) in [6, 6.07) is -0.230. The minimum Gasteiger partial charge on any atom is -0.444 e. The summed E-state index contributed by atoms with van der Waals surface area (Å²) in [7, 11) is 1.63. The van der Waals surface area contributed by atoms with Gasteiger partial charge in [-0.2, -0.15) is 0 Å². The molecule has 0 aromatic rings. The van der Waals surface area contributed by atoms with Crippen molar-refractivity contribution < 1.29 is 19.1 Å². The molecule has 0 heterocycles. The number of carbonyl (C=O) groups is 2. The maximum absolute atomic E-state index is 11.7. The maximum atomic E-state index is 11.7. The number of ether oxygens (including phenoxy) is 2. The van der Waals surface area contributed by atoms with Crippen molar-refractivity contribution in [1.29, 1.82) is 0 Å². The van der Waals surface area contributed by atoms with Gasteiger partial charge in [-0.15, -0.1) is 0 Å². The first-order chi connectivity index (χ1) is 10.7. The number of hydrogen-bond acceptors (Lipinski definition) is 5. The molecule has 0 saturated heterocycles. The average Bonchev–Trinajstić information content (AvgIpc) is 2.41. The molecular weight excluding hydrogens is 298 g/mol. The molecule has 0 aliphatic rings. The first kappa shape index (κ1) is 21.7. The predicted molar refractivity (Wildman–Crippen MR) is 90.4 cm³/mol. The van der Waals surface area contributed by atoms with Gasteiger partial charge in [-0.3, -0.25) is 4.79 Å². The lowest BCUT2D eigenvalue weighted by molar-refractivity contribution is -0.122. The number of hydrogen-bond donors (Lipinski definition) is 3. The second kappa shape index (κ2) is 11.2. The molecule has 23 heavy (non-hydrogen) atoms. The summed E-state index contributed by atoms with van der Waals surface area (Å²) in [5.74, 6) is -0.0273. The maximum Gasteiger partial charge on any atom is 0.407 e. The number of likely N-dealkylation sites (N-methyl/N-ethyl adjacent to an activating group) is 1. The molecule has 0 saturated carbocycles. The molecule has 7 heteroatoms. The van der Waals surface area contributed by atoms with Gasteiger partial charge in [0.05, 0.1) is 12.6 Å². The van der Waals surface area contributed by atoms with Crippen LogP contribution in [0.4, 0.5) is 4.79 Å². The Morgan fingerprint density at radius 2 is 1.83 bits per heavy atom. The van der Waals surface area contributed by atoms with Gasteiger partial charge in [0.25, 0.3) is 0 Å². The average molecular weight is 331 g/mol. The first-order valence-electron chi connectivity index (χ1n) is 8.19. The third-order valence-corrected chi connectivity index (χ3v) is 3.00. The molecule has 0 rings (SSSR count). The third kappa shape index (κ3) is 11.8. The molecule has 2 amide bonds. The Bertz CT molecular complexity index is 356. The Hall–Kier alpha value is -1.34. The molecule has 136 valence electrons. The highest BCUT2D eigenvalue weighted by molar-refractivity contribution is 5.81. The molecule has 2 atom stereocenters. The van der Waals surface area contributed by atoms with Crippen LogP contribution in [-0.2, 0) is 14.3 Å². The van der Waals surface area contributed by atoms with Crippen LogP contribution >= 0.6 is 0 Å². The number of alkyl carbamates (subject to hydrolysis) is 1. The summed E-state index contributed by atoms with van der Waals surface area (Å²) in [5, 5.41) is 8.75. The molecule has 0 bridgehead atoms. The van der Waals surface area contributed by atoms with Gasteiger partial charge in [0.15, 0.2) is 0 Å². The minimum atomic E-state index is -0.494. The number of methoxy groups -OCH3 is 1. The van der Waals surface area contributed by atoms with E-state index >= 15 is 0 Å². The van der Waals surface area contributed by atoms with Gasteiger partial charge < -0.3 is 25.4 Å². The van der Waals surface area contributed by atoms with E-state index in [2.05, 4.69) is 16.0 Å². The fourth-order valence-corrected chi connectivity index (χ4v) is 2.03. The summed E-state index contributed by atoms with van der Waals surface area (Å²) in [6.07, 6.45) is 1.14. The third-order valence-electron chi connectivity index (χ3n) is 3.00. The monoisotopic (exact) mass is 331 g/mol. The van der Waals surface area contributed by atoms with E-state index in [4.69, 9.17) is 9.47 Å². The summed E-state index contributed by atoms with van der Waals surface area (Å²) >= 11 is 0. The van der Waals surface area contributed by atoms with E-state index < -0.39 is 11.7 Å². The molecule has 7 nitrogen and oxygen atoms in total. The highest BCUT2D eigenvalue weighted by Crippen LogP contribution is 2.06. The van der Waals surface area contributed by atoms with Gasteiger partial charge in [-0.25, -0.2) is 4.79 Å². The summed E-state index contributed by atoms with van der Waals surface area (Å²) in [5.41, 5.74) is -0.494. The van der Waals surface area contributed by atoms with Crippen LogP contribution < -0.4 is 16.0 Å². The lowest BCUT2D eigenvalue weighted by Gasteiger charge is -2.23. The van der Waals surface area contributed by atoms with Crippen LogP contribution in [0.25, 0.3) is 0 Å². The molecule has 0 aliphatic heterocycles. The normalized spacial score (nSPS) is 14.0. The molecule has 0 aromatic carbocycles. The van der Waals surface area contributed by atoms with Gasteiger partial charge in [0.2, 0.25) is 5.91 Å². The Morgan fingerprint density at radius 1 is 1.17 bits per heavy atom. The van der Waals surface area contributed by atoms with Crippen molar-refractivity contribution in [1.82, 2.24) is 16.0 Å². The lowest BCUT2D eigenvalue weighted by atomic mass is 10.1. The summed E-state index contributed by atoms with van der Waals surface area (Å²) < 4.78 is 10.4. The number of nitrogens with one attached hydrogen (secondary N) is 3. The molecule has 0 fully saturated rings. The minimum absolute atomic E-state index is 0.0273. The predicted octanol–water partition coefficient (Wildman–Crippen LogP) is 1.42. The molecular formula is C16H33N3O4. The van der Waals surface area contributed by atoms with E-state index in [1.54, 1.807) is 7.11 Å². The van der Waals surface area contributed by atoms with Gasteiger partial charge in [0, 0.05) is 26.2 Å². The van der Waals surface area contributed by atoms with Crippen LogP contribution in [0.3, 0.4) is 0 Å². The number of amides is 2. The van der Waals surface area contributed by atoms with Crippen molar-refractivity contribution in [2.45, 2.75) is 65.1 Å². The van der Waals surface area contributed by atoms with Gasteiger partial charge in [0.1, 0.15) is 5.60 Å². The summed E-state index contributed by atoms with van der Waals surface area (Å²) in [6.45, 7) is 10.8. The van der Waals surface area contributed by atoms with Crippen molar-refractivity contribution in [2.75, 3.05) is 26.8 Å². The highest BCUT2D eigenvalue weighted by atomic mass is 16.6. The zero-order valence-electron chi connectivity index (χ0n) is 15.3. The Morgan fingerprint density at radius 3 is 2.35 bits per heavy atom. The van der Waals surface area contributed by atoms with Gasteiger partial charge in [-0.1, -0.05) is 0 Å². The van der Waals surface area contributed by atoms with Crippen molar-refractivity contribution in [3.8, 4) is 0 Å². The van der Waals surface area contributed by atoms with Gasteiger partial charge >= 0.3 is 6.09 Å². The lowest BCUT2D eigenvalue weighted by Crippen LogP contribution is -2.48. The Kier molecular flexibility index (Phi) is 10.6. The van der Waals surface area contributed by atoms with E-state index in [0.717, 1.165) is 12.8 Å². The van der Waals surface area contributed by atoms with Crippen molar-refractivity contribution >= 4 is 12.0 Å². The molecule has 2 unspecified atom stereocenters. The molecule has 0 aromatic heterocycles. The van der Waals surface area contributed by atoms with Crippen LogP contribution in [0.15, 0.2) is 0 Å².